The first-order valence-electron chi connectivity index (χ1n) is 8.89. The monoisotopic (exact) mass is 319 g/mol. The number of amides is 1. The summed E-state index contributed by atoms with van der Waals surface area (Å²) < 4.78 is 2.09. The van der Waals surface area contributed by atoms with Gasteiger partial charge >= 0.3 is 0 Å². The first-order valence-corrected chi connectivity index (χ1v) is 8.89. The zero-order valence-electron chi connectivity index (χ0n) is 14.4. The van der Waals surface area contributed by atoms with E-state index >= 15 is 0 Å². The molecule has 1 N–H and O–H groups in total. The van der Waals surface area contributed by atoms with Crippen LogP contribution < -0.4 is 5.32 Å². The molecule has 2 saturated heterocycles. The van der Waals surface area contributed by atoms with Gasteiger partial charge in [-0.25, -0.2) is 0 Å². The molecule has 6 heteroatoms. The lowest BCUT2D eigenvalue weighted by molar-refractivity contribution is -0.138. The minimum absolute atomic E-state index is 0.164. The number of hydrogen-bond acceptors (Lipinski definition) is 4. The van der Waals surface area contributed by atoms with Gasteiger partial charge in [-0.05, 0) is 39.3 Å². The van der Waals surface area contributed by atoms with Gasteiger partial charge in [0.1, 0.15) is 0 Å². The average Bonchev–Trinajstić information content (AvgIpc) is 3.03. The van der Waals surface area contributed by atoms with Crippen molar-refractivity contribution in [2.24, 2.45) is 5.92 Å². The van der Waals surface area contributed by atoms with Gasteiger partial charge in [-0.3, -0.25) is 14.4 Å². The van der Waals surface area contributed by atoms with Gasteiger partial charge in [0.2, 0.25) is 5.91 Å². The molecule has 2 aliphatic heterocycles. The highest BCUT2D eigenvalue weighted by atomic mass is 16.2. The van der Waals surface area contributed by atoms with E-state index in [0.29, 0.717) is 11.9 Å². The molecule has 1 unspecified atom stereocenters. The highest BCUT2D eigenvalue weighted by Gasteiger charge is 2.30. The Bertz CT molecular complexity index is 521. The molecule has 1 atom stereocenters. The van der Waals surface area contributed by atoms with Crippen LogP contribution in [-0.4, -0.2) is 64.8 Å². The molecule has 1 aromatic rings. The molecule has 0 saturated carbocycles. The van der Waals surface area contributed by atoms with Gasteiger partial charge in [0, 0.05) is 51.5 Å². The van der Waals surface area contributed by atoms with Crippen molar-refractivity contribution in [3.8, 4) is 0 Å². The molecule has 3 heterocycles. The molecular weight excluding hydrogens is 290 g/mol. The summed E-state index contributed by atoms with van der Waals surface area (Å²) in [6, 6.07) is 2.48. The van der Waals surface area contributed by atoms with E-state index in [4.69, 9.17) is 0 Å². The Morgan fingerprint density at radius 2 is 2.13 bits per heavy atom. The molecule has 2 fully saturated rings. The van der Waals surface area contributed by atoms with Crippen molar-refractivity contribution < 1.29 is 4.79 Å². The van der Waals surface area contributed by atoms with E-state index in [1.54, 1.807) is 0 Å². The number of aromatic nitrogens is 2. The number of carbonyl (C=O) groups excluding carboxylic acids is 1. The van der Waals surface area contributed by atoms with Crippen molar-refractivity contribution in [1.82, 2.24) is 24.9 Å². The summed E-state index contributed by atoms with van der Waals surface area (Å²) in [5.74, 6) is 0.519. The molecule has 128 valence electrons. The van der Waals surface area contributed by atoms with Crippen LogP contribution in [0.1, 0.15) is 38.4 Å². The maximum absolute atomic E-state index is 12.7. The standard InChI is InChI=1S/C17H29N5O/c1-14(2)22-16(5-6-19-22)13-20-9-3-4-15(12-20)17(23)21-10-7-18-8-11-21/h5-6,14-15,18H,3-4,7-13H2,1-2H3. The summed E-state index contributed by atoms with van der Waals surface area (Å²) in [5, 5.41) is 7.73. The second-order valence-corrected chi connectivity index (χ2v) is 7.01. The summed E-state index contributed by atoms with van der Waals surface area (Å²) in [4.78, 5) is 17.2. The Labute approximate surface area is 138 Å². The fraction of sp³-hybridized carbons (Fsp3) is 0.765. The Morgan fingerprint density at radius 3 is 2.87 bits per heavy atom. The van der Waals surface area contributed by atoms with Crippen LogP contribution in [0.25, 0.3) is 0 Å². The van der Waals surface area contributed by atoms with Crippen LogP contribution in [0.15, 0.2) is 12.3 Å². The smallest absolute Gasteiger partial charge is 0.227 e. The minimum atomic E-state index is 0.164. The molecule has 1 aromatic heterocycles. The lowest BCUT2D eigenvalue weighted by Crippen LogP contribution is -2.51. The van der Waals surface area contributed by atoms with E-state index < -0.39 is 0 Å². The number of carbonyl (C=O) groups is 1. The van der Waals surface area contributed by atoms with Gasteiger partial charge in [0.25, 0.3) is 0 Å². The van der Waals surface area contributed by atoms with Crippen LogP contribution >= 0.6 is 0 Å². The van der Waals surface area contributed by atoms with Crippen LogP contribution in [0.3, 0.4) is 0 Å². The van der Waals surface area contributed by atoms with Gasteiger partial charge in [0.15, 0.2) is 0 Å². The maximum atomic E-state index is 12.7. The second kappa shape index (κ2) is 7.45. The third kappa shape index (κ3) is 3.93. The van der Waals surface area contributed by atoms with E-state index in [-0.39, 0.29) is 5.92 Å². The molecule has 2 aliphatic rings. The van der Waals surface area contributed by atoms with Gasteiger partial charge < -0.3 is 10.2 Å². The van der Waals surface area contributed by atoms with Gasteiger partial charge in [-0.2, -0.15) is 5.10 Å². The van der Waals surface area contributed by atoms with E-state index in [0.717, 1.165) is 58.7 Å². The van der Waals surface area contributed by atoms with E-state index in [9.17, 15) is 4.79 Å². The topological polar surface area (TPSA) is 53.4 Å². The Balaban J connectivity index is 1.59. The van der Waals surface area contributed by atoms with Crippen molar-refractivity contribution in [3.63, 3.8) is 0 Å². The van der Waals surface area contributed by atoms with Crippen LogP contribution in [0, 0.1) is 5.92 Å². The van der Waals surface area contributed by atoms with E-state index in [1.807, 2.05) is 11.1 Å². The molecule has 0 aliphatic carbocycles. The van der Waals surface area contributed by atoms with Crippen LogP contribution in [-0.2, 0) is 11.3 Å². The molecule has 6 nitrogen and oxygen atoms in total. The first-order chi connectivity index (χ1) is 11.1. The lowest BCUT2D eigenvalue weighted by Gasteiger charge is -2.36. The zero-order chi connectivity index (χ0) is 16.2. The van der Waals surface area contributed by atoms with Crippen LogP contribution in [0.2, 0.25) is 0 Å². The van der Waals surface area contributed by atoms with Crippen LogP contribution in [0.5, 0.6) is 0 Å². The third-order valence-electron chi connectivity index (χ3n) is 4.91. The van der Waals surface area contributed by atoms with Crippen molar-refractivity contribution >= 4 is 5.91 Å². The summed E-state index contributed by atoms with van der Waals surface area (Å²) in [7, 11) is 0. The number of nitrogens with zero attached hydrogens (tertiary/aromatic N) is 4. The van der Waals surface area contributed by atoms with Gasteiger partial charge in [-0.15, -0.1) is 0 Å². The minimum Gasteiger partial charge on any atom is -0.340 e. The summed E-state index contributed by atoms with van der Waals surface area (Å²) in [6.45, 7) is 10.7. The predicted molar refractivity (Wildman–Crippen MR) is 90.1 cm³/mol. The summed E-state index contributed by atoms with van der Waals surface area (Å²) in [5.41, 5.74) is 1.25. The van der Waals surface area contributed by atoms with Crippen molar-refractivity contribution in [3.05, 3.63) is 18.0 Å². The number of piperidine rings is 1. The number of hydrogen-bond donors (Lipinski definition) is 1. The molecule has 23 heavy (non-hydrogen) atoms. The lowest BCUT2D eigenvalue weighted by atomic mass is 9.96. The first kappa shape index (κ1) is 16.5. The van der Waals surface area contributed by atoms with E-state index in [2.05, 4.69) is 39.9 Å². The summed E-state index contributed by atoms with van der Waals surface area (Å²) >= 11 is 0. The van der Waals surface area contributed by atoms with E-state index in [1.165, 1.54) is 5.69 Å². The molecule has 0 aromatic carbocycles. The quantitative estimate of drug-likeness (QED) is 0.903. The molecular formula is C17H29N5O. The fourth-order valence-electron chi connectivity index (χ4n) is 3.71. The normalized spacial score (nSPS) is 23.4. The highest BCUT2D eigenvalue weighted by Crippen LogP contribution is 2.21. The molecule has 1 amide bonds. The largest absolute Gasteiger partial charge is 0.340 e. The SMILES string of the molecule is CC(C)n1nccc1CN1CCCC(C(=O)N2CCNCC2)C1. The Kier molecular flexibility index (Phi) is 5.33. The molecule has 0 radical (unpaired) electrons. The molecule has 3 rings (SSSR count). The highest BCUT2D eigenvalue weighted by molar-refractivity contribution is 5.79. The van der Waals surface area contributed by atoms with Crippen molar-refractivity contribution in [1.29, 1.82) is 0 Å². The average molecular weight is 319 g/mol. The van der Waals surface area contributed by atoms with Crippen molar-refractivity contribution in [2.75, 3.05) is 39.3 Å². The van der Waals surface area contributed by atoms with Gasteiger partial charge in [0.05, 0.1) is 11.6 Å². The zero-order valence-corrected chi connectivity index (χ0v) is 14.4. The number of piperazine rings is 1. The Hall–Kier alpha value is -1.40. The fourth-order valence-corrected chi connectivity index (χ4v) is 3.71. The Morgan fingerprint density at radius 1 is 1.35 bits per heavy atom. The van der Waals surface area contributed by atoms with Gasteiger partial charge in [-0.1, -0.05) is 0 Å². The predicted octanol–water partition coefficient (Wildman–Crippen LogP) is 1.11. The number of likely N-dealkylation sites (tertiary alicyclic amines) is 1. The third-order valence-corrected chi connectivity index (χ3v) is 4.91. The summed E-state index contributed by atoms with van der Waals surface area (Å²) in [6.07, 6.45) is 4.02. The molecule has 0 bridgehead atoms. The maximum Gasteiger partial charge on any atom is 0.227 e. The van der Waals surface area contributed by atoms with Crippen LogP contribution in [0.4, 0.5) is 0 Å². The second-order valence-electron chi connectivity index (χ2n) is 7.01. The molecule has 0 spiro atoms. The van der Waals surface area contributed by atoms with Crippen molar-refractivity contribution in [2.45, 2.75) is 39.3 Å². The number of rotatable bonds is 4. The number of nitrogens with one attached hydrogen (secondary N) is 1.